The number of carbonyl (C=O) groups excluding carboxylic acids is 1. The third kappa shape index (κ3) is 2.81. The molecule has 6 nitrogen and oxygen atoms in total. The van der Waals surface area contributed by atoms with Crippen LogP contribution in [0.25, 0.3) is 16.9 Å². The summed E-state index contributed by atoms with van der Waals surface area (Å²) in [6, 6.07) is 12.4. The van der Waals surface area contributed by atoms with E-state index >= 15 is 0 Å². The maximum atomic E-state index is 11.8. The van der Waals surface area contributed by atoms with E-state index in [1.165, 1.54) is 0 Å². The van der Waals surface area contributed by atoms with Gasteiger partial charge in [0, 0.05) is 43.2 Å². The van der Waals surface area contributed by atoms with E-state index in [0.717, 1.165) is 40.4 Å². The van der Waals surface area contributed by atoms with Crippen molar-refractivity contribution in [2.75, 3.05) is 18.9 Å². The number of aryl methyl sites for hydroxylation is 2. The highest BCUT2D eigenvalue weighted by Gasteiger charge is 2.27. The fraction of sp³-hybridized carbons (Fsp3) is 0.350. The van der Waals surface area contributed by atoms with Gasteiger partial charge in [0.25, 0.3) is 0 Å². The number of aromatic nitrogens is 3. The molecule has 134 valence electrons. The molecule has 1 N–H and O–H groups in total. The van der Waals surface area contributed by atoms with Crippen molar-refractivity contribution in [2.45, 2.75) is 32.7 Å². The lowest BCUT2D eigenvalue weighted by atomic mass is 10.1. The largest absolute Gasteiger partial charge is 0.368 e. The zero-order chi connectivity index (χ0) is 18.3. The first-order chi connectivity index (χ1) is 12.5. The molecule has 0 spiro atoms. The Morgan fingerprint density at radius 3 is 2.69 bits per heavy atom. The van der Waals surface area contributed by atoms with Gasteiger partial charge in [-0.15, -0.1) is 0 Å². The predicted molar refractivity (Wildman–Crippen MR) is 102 cm³/mol. The smallest absolute Gasteiger partial charge is 0.222 e. The third-order valence-electron chi connectivity index (χ3n) is 5.28. The van der Waals surface area contributed by atoms with Crippen LogP contribution >= 0.6 is 0 Å². The summed E-state index contributed by atoms with van der Waals surface area (Å²) in [5, 5.41) is 8.14. The van der Waals surface area contributed by atoms with Crippen molar-refractivity contribution in [3.05, 3.63) is 47.7 Å². The van der Waals surface area contributed by atoms with Crippen LogP contribution in [0.1, 0.15) is 24.1 Å². The zero-order valence-corrected chi connectivity index (χ0v) is 15.4. The quantitative estimate of drug-likeness (QED) is 0.786. The second kappa shape index (κ2) is 6.44. The van der Waals surface area contributed by atoms with Crippen molar-refractivity contribution in [3.63, 3.8) is 0 Å². The molecule has 1 fully saturated rings. The first-order valence-corrected chi connectivity index (χ1v) is 8.96. The van der Waals surface area contributed by atoms with Crippen LogP contribution in [0.15, 0.2) is 36.4 Å². The highest BCUT2D eigenvalue weighted by atomic mass is 16.2. The Morgan fingerprint density at radius 1 is 1.23 bits per heavy atom. The number of likely N-dealkylation sites (tertiary alicyclic amines) is 1. The molecular weight excluding hydrogens is 326 g/mol. The maximum absolute atomic E-state index is 11.8. The second-order valence-electron chi connectivity index (χ2n) is 6.92. The molecular formula is C20H23N5O. The van der Waals surface area contributed by atoms with Crippen molar-refractivity contribution in [1.82, 2.24) is 19.5 Å². The molecule has 2 aromatic heterocycles. The van der Waals surface area contributed by atoms with Crippen molar-refractivity contribution >= 4 is 17.4 Å². The molecule has 4 rings (SSSR count). The molecule has 0 saturated carbocycles. The molecule has 26 heavy (non-hydrogen) atoms. The average molecular weight is 349 g/mol. The van der Waals surface area contributed by atoms with E-state index in [2.05, 4.69) is 22.5 Å². The number of amides is 1. The number of fused-ring (bicyclic) bond motifs is 1. The van der Waals surface area contributed by atoms with Gasteiger partial charge in [0.2, 0.25) is 5.91 Å². The van der Waals surface area contributed by atoms with E-state index in [-0.39, 0.29) is 11.9 Å². The summed E-state index contributed by atoms with van der Waals surface area (Å²) in [6.07, 6.45) is 1.52. The van der Waals surface area contributed by atoms with Crippen LogP contribution in [0.3, 0.4) is 0 Å². The van der Waals surface area contributed by atoms with Crippen LogP contribution in [-0.4, -0.2) is 45.0 Å². The number of nitrogens with zero attached hydrogens (tertiary/aromatic N) is 4. The highest BCUT2D eigenvalue weighted by molar-refractivity contribution is 5.78. The molecule has 1 unspecified atom stereocenters. The van der Waals surface area contributed by atoms with E-state index in [4.69, 9.17) is 4.98 Å². The van der Waals surface area contributed by atoms with Gasteiger partial charge in [-0.2, -0.15) is 9.61 Å². The third-order valence-corrected chi connectivity index (χ3v) is 5.28. The standard InChI is InChI=1S/C20H23N5O/c1-13-14(2)23-25-18(21-12-16-9-10-19(26)24(16)3)11-17(22-20(13)25)15-7-5-4-6-8-15/h4-8,11,16,21H,9-10,12H2,1-3H3. The summed E-state index contributed by atoms with van der Waals surface area (Å²) in [7, 11) is 1.88. The number of benzene rings is 1. The van der Waals surface area contributed by atoms with E-state index in [1.807, 2.05) is 54.6 Å². The van der Waals surface area contributed by atoms with Gasteiger partial charge >= 0.3 is 0 Å². The Morgan fingerprint density at radius 2 is 2.00 bits per heavy atom. The van der Waals surface area contributed by atoms with Gasteiger partial charge in [-0.3, -0.25) is 4.79 Å². The Kier molecular flexibility index (Phi) is 4.11. The van der Waals surface area contributed by atoms with Crippen LogP contribution in [0.4, 0.5) is 5.82 Å². The number of likely N-dealkylation sites (N-methyl/N-ethyl adjacent to an activating group) is 1. The summed E-state index contributed by atoms with van der Waals surface area (Å²) in [6.45, 7) is 4.75. The predicted octanol–water partition coefficient (Wildman–Crippen LogP) is 3.05. The number of carbonyl (C=O) groups is 1. The molecule has 3 aromatic rings. The van der Waals surface area contributed by atoms with Crippen molar-refractivity contribution < 1.29 is 4.79 Å². The van der Waals surface area contributed by atoms with Gasteiger partial charge in [0.05, 0.1) is 11.4 Å². The normalized spacial score (nSPS) is 17.3. The van der Waals surface area contributed by atoms with E-state index in [9.17, 15) is 4.79 Å². The Hall–Kier alpha value is -2.89. The van der Waals surface area contributed by atoms with E-state index in [0.29, 0.717) is 13.0 Å². The summed E-state index contributed by atoms with van der Waals surface area (Å²) in [4.78, 5) is 18.4. The second-order valence-corrected chi connectivity index (χ2v) is 6.92. The Labute approximate surface area is 152 Å². The molecule has 0 aliphatic carbocycles. The summed E-state index contributed by atoms with van der Waals surface area (Å²) in [5.41, 5.74) is 4.91. The summed E-state index contributed by atoms with van der Waals surface area (Å²) >= 11 is 0. The minimum atomic E-state index is 0.212. The molecule has 0 bridgehead atoms. The molecule has 1 aliphatic rings. The molecule has 6 heteroatoms. The van der Waals surface area contributed by atoms with Crippen LogP contribution in [-0.2, 0) is 4.79 Å². The topological polar surface area (TPSA) is 62.5 Å². The van der Waals surface area contributed by atoms with Gasteiger partial charge in [-0.1, -0.05) is 30.3 Å². The lowest BCUT2D eigenvalue weighted by Gasteiger charge is -2.21. The van der Waals surface area contributed by atoms with Crippen LogP contribution in [0.5, 0.6) is 0 Å². The molecule has 1 atom stereocenters. The van der Waals surface area contributed by atoms with Crippen molar-refractivity contribution in [2.24, 2.45) is 0 Å². The number of hydrogen-bond donors (Lipinski definition) is 1. The van der Waals surface area contributed by atoms with Crippen LogP contribution in [0.2, 0.25) is 0 Å². The molecule has 0 radical (unpaired) electrons. The number of rotatable bonds is 4. The maximum Gasteiger partial charge on any atom is 0.222 e. The number of nitrogens with one attached hydrogen (secondary N) is 1. The SMILES string of the molecule is Cc1nn2c(NCC3CCC(=O)N3C)cc(-c3ccccc3)nc2c1C. The molecule has 1 saturated heterocycles. The molecule has 1 aromatic carbocycles. The summed E-state index contributed by atoms with van der Waals surface area (Å²) in [5.74, 6) is 1.12. The lowest BCUT2D eigenvalue weighted by molar-refractivity contribution is -0.127. The lowest BCUT2D eigenvalue weighted by Crippen LogP contribution is -2.34. The Bertz CT molecular complexity index is 963. The molecule has 1 aliphatic heterocycles. The minimum absolute atomic E-state index is 0.212. The van der Waals surface area contributed by atoms with Crippen LogP contribution < -0.4 is 5.32 Å². The van der Waals surface area contributed by atoms with Gasteiger partial charge in [0.1, 0.15) is 5.82 Å². The van der Waals surface area contributed by atoms with Crippen molar-refractivity contribution in [3.8, 4) is 11.3 Å². The first-order valence-electron chi connectivity index (χ1n) is 8.96. The van der Waals surface area contributed by atoms with E-state index < -0.39 is 0 Å². The van der Waals surface area contributed by atoms with E-state index in [1.54, 1.807) is 0 Å². The average Bonchev–Trinajstić information content (AvgIpc) is 3.13. The fourth-order valence-corrected chi connectivity index (χ4v) is 3.44. The highest BCUT2D eigenvalue weighted by Crippen LogP contribution is 2.25. The number of anilines is 1. The monoisotopic (exact) mass is 349 g/mol. The van der Waals surface area contributed by atoms with Gasteiger partial charge in [-0.25, -0.2) is 4.98 Å². The van der Waals surface area contributed by atoms with Crippen molar-refractivity contribution in [1.29, 1.82) is 0 Å². The van der Waals surface area contributed by atoms with Gasteiger partial charge in [0.15, 0.2) is 5.65 Å². The first kappa shape index (κ1) is 16.6. The van der Waals surface area contributed by atoms with Gasteiger partial charge in [-0.05, 0) is 20.3 Å². The Balaban J connectivity index is 1.72. The molecule has 3 heterocycles. The summed E-state index contributed by atoms with van der Waals surface area (Å²) < 4.78 is 1.87. The van der Waals surface area contributed by atoms with Crippen LogP contribution in [0, 0.1) is 13.8 Å². The minimum Gasteiger partial charge on any atom is -0.368 e. The van der Waals surface area contributed by atoms with Gasteiger partial charge < -0.3 is 10.2 Å². The zero-order valence-electron chi connectivity index (χ0n) is 15.4. The molecule has 1 amide bonds. The number of hydrogen-bond acceptors (Lipinski definition) is 4. The fourth-order valence-electron chi connectivity index (χ4n) is 3.44.